The zero-order chi connectivity index (χ0) is 11.3. The lowest BCUT2D eigenvalue weighted by atomic mass is 10.2. The van der Waals surface area contributed by atoms with E-state index in [1.165, 1.54) is 18.1 Å². The van der Waals surface area contributed by atoms with E-state index in [0.717, 1.165) is 6.08 Å². The van der Waals surface area contributed by atoms with Gasteiger partial charge in [0.15, 0.2) is 0 Å². The third-order valence-electron chi connectivity index (χ3n) is 1.78. The van der Waals surface area contributed by atoms with Gasteiger partial charge in [-0.1, -0.05) is 18.2 Å². The Balaban J connectivity index is 2.74. The van der Waals surface area contributed by atoms with Gasteiger partial charge in [-0.25, -0.2) is 4.79 Å². The smallest absolute Gasteiger partial charge is 0.329 e. The van der Waals surface area contributed by atoms with Crippen LogP contribution in [0.3, 0.4) is 0 Å². The van der Waals surface area contributed by atoms with Gasteiger partial charge >= 0.3 is 5.97 Å². The first-order chi connectivity index (χ1) is 7.11. The zero-order valence-corrected chi connectivity index (χ0v) is 8.25. The molecule has 1 rings (SSSR count). The van der Waals surface area contributed by atoms with Gasteiger partial charge in [0.25, 0.3) is 5.91 Å². The van der Waals surface area contributed by atoms with Gasteiger partial charge in [0.05, 0.1) is 0 Å². The minimum atomic E-state index is -1.08. The number of carboxylic acid groups (broad SMARTS) is 1. The molecule has 0 unspecified atom stereocenters. The van der Waals surface area contributed by atoms with Crippen LogP contribution in [0.15, 0.2) is 42.6 Å². The van der Waals surface area contributed by atoms with Crippen molar-refractivity contribution in [3.63, 3.8) is 0 Å². The molecule has 15 heavy (non-hydrogen) atoms. The number of hydrogen-bond acceptors (Lipinski definition) is 2. The number of hydrogen-bond donors (Lipinski definition) is 1. The first kappa shape index (κ1) is 11.0. The molecule has 0 aromatic heterocycles. The number of rotatable bonds is 3. The second-order valence-corrected chi connectivity index (χ2v) is 2.94. The van der Waals surface area contributed by atoms with E-state index in [4.69, 9.17) is 5.11 Å². The van der Waals surface area contributed by atoms with E-state index in [-0.39, 0.29) is 5.91 Å². The van der Waals surface area contributed by atoms with Gasteiger partial charge in [-0.15, -0.1) is 0 Å². The Hall–Kier alpha value is -2.10. The van der Waals surface area contributed by atoms with Crippen molar-refractivity contribution in [2.24, 2.45) is 0 Å². The lowest BCUT2D eigenvalue weighted by Gasteiger charge is -2.10. The van der Waals surface area contributed by atoms with E-state index < -0.39 is 5.97 Å². The summed E-state index contributed by atoms with van der Waals surface area (Å²) < 4.78 is 0. The number of nitrogens with zero attached hydrogens (tertiary/aromatic N) is 1. The van der Waals surface area contributed by atoms with Crippen LogP contribution in [0.2, 0.25) is 0 Å². The maximum absolute atomic E-state index is 11.6. The zero-order valence-electron chi connectivity index (χ0n) is 8.25. The van der Waals surface area contributed by atoms with Crippen LogP contribution < -0.4 is 0 Å². The highest BCUT2D eigenvalue weighted by Crippen LogP contribution is 2.02. The van der Waals surface area contributed by atoms with E-state index >= 15 is 0 Å². The van der Waals surface area contributed by atoms with Gasteiger partial charge in [0.1, 0.15) is 0 Å². The molecule has 0 heterocycles. The molecule has 78 valence electrons. The van der Waals surface area contributed by atoms with Crippen LogP contribution in [-0.4, -0.2) is 28.9 Å². The Bertz CT molecular complexity index is 384. The van der Waals surface area contributed by atoms with Crippen molar-refractivity contribution in [1.29, 1.82) is 0 Å². The second kappa shape index (κ2) is 4.95. The Morgan fingerprint density at radius 2 is 1.87 bits per heavy atom. The topological polar surface area (TPSA) is 57.6 Å². The molecule has 4 nitrogen and oxygen atoms in total. The van der Waals surface area contributed by atoms with E-state index in [2.05, 4.69) is 0 Å². The van der Waals surface area contributed by atoms with E-state index in [1.54, 1.807) is 24.3 Å². The largest absolute Gasteiger partial charge is 0.478 e. The molecule has 0 aliphatic carbocycles. The monoisotopic (exact) mass is 205 g/mol. The highest BCUT2D eigenvalue weighted by atomic mass is 16.4. The molecular weight excluding hydrogens is 194 g/mol. The number of aliphatic carboxylic acids is 1. The molecule has 0 fully saturated rings. The van der Waals surface area contributed by atoms with Crippen molar-refractivity contribution in [2.45, 2.75) is 0 Å². The van der Waals surface area contributed by atoms with Gasteiger partial charge in [0, 0.05) is 24.9 Å². The molecule has 1 N–H and O–H groups in total. The van der Waals surface area contributed by atoms with Crippen LogP contribution in [0.5, 0.6) is 0 Å². The number of carboxylic acids is 1. The molecule has 0 spiro atoms. The molecule has 1 aromatic rings. The minimum absolute atomic E-state index is 0.242. The third-order valence-corrected chi connectivity index (χ3v) is 1.78. The Morgan fingerprint density at radius 3 is 2.40 bits per heavy atom. The van der Waals surface area contributed by atoms with Crippen LogP contribution in [0, 0.1) is 0 Å². The fourth-order valence-corrected chi connectivity index (χ4v) is 1.03. The van der Waals surface area contributed by atoms with E-state index in [9.17, 15) is 9.59 Å². The Morgan fingerprint density at radius 1 is 1.27 bits per heavy atom. The third kappa shape index (κ3) is 3.27. The van der Waals surface area contributed by atoms with Crippen LogP contribution in [-0.2, 0) is 4.79 Å². The van der Waals surface area contributed by atoms with Crippen molar-refractivity contribution in [2.75, 3.05) is 7.05 Å². The summed E-state index contributed by atoms with van der Waals surface area (Å²) in [4.78, 5) is 23.1. The SMILES string of the molecule is CN(C=CC(=O)O)C(=O)c1ccccc1. The number of carbonyl (C=O) groups is 2. The number of carbonyl (C=O) groups excluding carboxylic acids is 1. The summed E-state index contributed by atoms with van der Waals surface area (Å²) in [5, 5.41) is 8.39. The molecule has 0 aliphatic heterocycles. The molecule has 0 saturated carbocycles. The molecule has 0 atom stereocenters. The maximum Gasteiger partial charge on any atom is 0.329 e. The summed E-state index contributed by atoms with van der Waals surface area (Å²) in [6, 6.07) is 8.66. The van der Waals surface area contributed by atoms with E-state index in [0.29, 0.717) is 5.56 Å². The maximum atomic E-state index is 11.6. The van der Waals surface area contributed by atoms with Gasteiger partial charge in [-0.2, -0.15) is 0 Å². The lowest BCUT2D eigenvalue weighted by Crippen LogP contribution is -2.21. The highest BCUT2D eigenvalue weighted by molar-refractivity contribution is 5.95. The molecule has 1 amide bonds. The van der Waals surface area contributed by atoms with Crippen molar-refractivity contribution in [1.82, 2.24) is 4.90 Å². The van der Waals surface area contributed by atoms with Crippen LogP contribution >= 0.6 is 0 Å². The molecule has 0 aliphatic rings. The lowest BCUT2D eigenvalue weighted by molar-refractivity contribution is -0.131. The molecule has 1 aromatic carbocycles. The summed E-state index contributed by atoms with van der Waals surface area (Å²) in [7, 11) is 1.51. The summed E-state index contributed by atoms with van der Waals surface area (Å²) in [5.41, 5.74) is 0.523. The van der Waals surface area contributed by atoms with Crippen molar-refractivity contribution in [3.05, 3.63) is 48.2 Å². The minimum Gasteiger partial charge on any atom is -0.478 e. The quantitative estimate of drug-likeness (QED) is 0.758. The predicted molar refractivity (Wildman–Crippen MR) is 55.3 cm³/mol. The first-order valence-corrected chi connectivity index (χ1v) is 4.34. The summed E-state index contributed by atoms with van der Waals surface area (Å²) in [5.74, 6) is -1.32. The van der Waals surface area contributed by atoms with Gasteiger partial charge in [0.2, 0.25) is 0 Å². The number of benzene rings is 1. The normalized spacial score (nSPS) is 10.2. The second-order valence-electron chi connectivity index (χ2n) is 2.94. The Kier molecular flexibility index (Phi) is 3.62. The molecule has 4 heteroatoms. The fraction of sp³-hybridized carbons (Fsp3) is 0.0909. The Labute approximate surface area is 87.4 Å². The predicted octanol–water partition coefficient (Wildman–Crippen LogP) is 1.36. The highest BCUT2D eigenvalue weighted by Gasteiger charge is 2.07. The van der Waals surface area contributed by atoms with Crippen molar-refractivity contribution < 1.29 is 14.7 Å². The summed E-state index contributed by atoms with van der Waals surface area (Å²) in [6.07, 6.45) is 2.14. The van der Waals surface area contributed by atoms with Crippen LogP contribution in [0.4, 0.5) is 0 Å². The average molecular weight is 205 g/mol. The van der Waals surface area contributed by atoms with Crippen molar-refractivity contribution >= 4 is 11.9 Å². The standard InChI is InChI=1S/C11H11NO3/c1-12(8-7-10(13)14)11(15)9-5-3-2-4-6-9/h2-8H,1H3,(H,13,14). The molecular formula is C11H11NO3. The summed E-state index contributed by atoms with van der Waals surface area (Å²) in [6.45, 7) is 0. The van der Waals surface area contributed by atoms with Crippen molar-refractivity contribution in [3.8, 4) is 0 Å². The molecule has 0 bridgehead atoms. The van der Waals surface area contributed by atoms with Crippen LogP contribution in [0.1, 0.15) is 10.4 Å². The average Bonchev–Trinajstić information content (AvgIpc) is 2.26. The van der Waals surface area contributed by atoms with Gasteiger partial charge in [-0.05, 0) is 12.1 Å². The van der Waals surface area contributed by atoms with Crippen LogP contribution in [0.25, 0.3) is 0 Å². The number of amides is 1. The fourth-order valence-electron chi connectivity index (χ4n) is 1.03. The first-order valence-electron chi connectivity index (χ1n) is 4.34. The van der Waals surface area contributed by atoms with Gasteiger partial charge in [-0.3, -0.25) is 4.79 Å². The molecule has 0 radical (unpaired) electrons. The summed E-state index contributed by atoms with van der Waals surface area (Å²) >= 11 is 0. The van der Waals surface area contributed by atoms with Gasteiger partial charge < -0.3 is 10.0 Å². The van der Waals surface area contributed by atoms with E-state index in [1.807, 2.05) is 6.07 Å². The molecule has 0 saturated heterocycles.